The molecule has 0 aliphatic carbocycles. The van der Waals surface area contributed by atoms with Crippen molar-refractivity contribution in [2.45, 2.75) is 19.4 Å². The third kappa shape index (κ3) is 3.53. The van der Waals surface area contributed by atoms with Gasteiger partial charge in [0.2, 0.25) is 0 Å². The molecule has 0 aliphatic rings. The number of carboxylic acid groups (broad SMARTS) is 1. The molecule has 0 bridgehead atoms. The van der Waals surface area contributed by atoms with Gasteiger partial charge in [-0.25, -0.2) is 8.78 Å². The Labute approximate surface area is 85.7 Å². The Kier molecular flexibility index (Phi) is 3.60. The molecular weight excluding hydrogens is 204 g/mol. The molecule has 0 radical (unpaired) electrons. The van der Waals surface area contributed by atoms with Crippen molar-refractivity contribution in [3.05, 3.63) is 29.8 Å². The van der Waals surface area contributed by atoms with E-state index in [1.807, 2.05) is 0 Å². The van der Waals surface area contributed by atoms with E-state index in [4.69, 9.17) is 5.11 Å². The first kappa shape index (κ1) is 11.4. The van der Waals surface area contributed by atoms with Gasteiger partial charge in [0.1, 0.15) is 11.6 Å². The molecule has 0 aliphatic heterocycles. The third-order valence-corrected chi connectivity index (χ3v) is 1.81. The van der Waals surface area contributed by atoms with Crippen LogP contribution in [0.15, 0.2) is 18.2 Å². The van der Waals surface area contributed by atoms with Crippen molar-refractivity contribution in [3.8, 4) is 0 Å². The number of halogens is 2. The van der Waals surface area contributed by atoms with Crippen LogP contribution in [-0.4, -0.2) is 17.1 Å². The van der Waals surface area contributed by atoms with Gasteiger partial charge in [0, 0.05) is 12.1 Å². The Morgan fingerprint density at radius 2 is 2.20 bits per heavy atom. The standard InChI is InChI=1S/C10H11F2NO2/c1-6(4-10(14)15)13-9-3-2-7(11)5-8(9)12/h2-3,5-6,13H,4H2,1H3,(H,14,15). The summed E-state index contributed by atoms with van der Waals surface area (Å²) < 4.78 is 25.6. The summed E-state index contributed by atoms with van der Waals surface area (Å²) in [5, 5.41) is 11.1. The van der Waals surface area contributed by atoms with Crippen LogP contribution in [0.25, 0.3) is 0 Å². The minimum absolute atomic E-state index is 0.102. The number of carboxylic acids is 1. The largest absolute Gasteiger partial charge is 0.481 e. The average molecular weight is 215 g/mol. The van der Waals surface area contributed by atoms with Crippen molar-refractivity contribution >= 4 is 11.7 Å². The van der Waals surface area contributed by atoms with E-state index in [9.17, 15) is 13.6 Å². The summed E-state index contributed by atoms with van der Waals surface area (Å²) in [7, 11) is 0. The molecule has 1 unspecified atom stereocenters. The highest BCUT2D eigenvalue weighted by Gasteiger charge is 2.10. The number of nitrogens with one attached hydrogen (secondary N) is 1. The zero-order valence-electron chi connectivity index (χ0n) is 8.13. The first-order chi connectivity index (χ1) is 6.99. The first-order valence-electron chi connectivity index (χ1n) is 4.42. The Morgan fingerprint density at radius 1 is 1.53 bits per heavy atom. The number of hydrogen-bond acceptors (Lipinski definition) is 2. The molecular formula is C10H11F2NO2. The lowest BCUT2D eigenvalue weighted by Crippen LogP contribution is -2.19. The summed E-state index contributed by atoms with van der Waals surface area (Å²) >= 11 is 0. The molecule has 0 spiro atoms. The fourth-order valence-electron chi connectivity index (χ4n) is 1.18. The van der Waals surface area contributed by atoms with Gasteiger partial charge in [0.05, 0.1) is 12.1 Å². The van der Waals surface area contributed by atoms with Crippen molar-refractivity contribution in [1.29, 1.82) is 0 Å². The van der Waals surface area contributed by atoms with Crippen LogP contribution < -0.4 is 5.32 Å². The van der Waals surface area contributed by atoms with Gasteiger partial charge in [0.25, 0.3) is 0 Å². The van der Waals surface area contributed by atoms with Crippen LogP contribution in [0.2, 0.25) is 0 Å². The predicted octanol–water partition coefficient (Wildman–Crippen LogP) is 2.24. The molecule has 1 rings (SSSR count). The monoisotopic (exact) mass is 215 g/mol. The van der Waals surface area contributed by atoms with Gasteiger partial charge in [-0.05, 0) is 19.1 Å². The molecule has 0 saturated heterocycles. The van der Waals surface area contributed by atoms with Gasteiger partial charge >= 0.3 is 5.97 Å². The van der Waals surface area contributed by atoms with Gasteiger partial charge < -0.3 is 10.4 Å². The normalized spacial score (nSPS) is 12.2. The lowest BCUT2D eigenvalue weighted by Gasteiger charge is -2.13. The van der Waals surface area contributed by atoms with E-state index >= 15 is 0 Å². The van der Waals surface area contributed by atoms with Crippen molar-refractivity contribution in [1.82, 2.24) is 0 Å². The van der Waals surface area contributed by atoms with E-state index < -0.39 is 23.6 Å². The van der Waals surface area contributed by atoms with Crippen LogP contribution in [0.3, 0.4) is 0 Å². The zero-order valence-corrected chi connectivity index (χ0v) is 8.13. The van der Waals surface area contributed by atoms with Crippen LogP contribution in [-0.2, 0) is 4.79 Å². The van der Waals surface area contributed by atoms with Crippen molar-refractivity contribution in [2.75, 3.05) is 5.32 Å². The SMILES string of the molecule is CC(CC(=O)O)Nc1ccc(F)cc1F. The molecule has 0 aromatic heterocycles. The Morgan fingerprint density at radius 3 is 2.73 bits per heavy atom. The van der Waals surface area contributed by atoms with E-state index in [0.717, 1.165) is 12.1 Å². The van der Waals surface area contributed by atoms with Gasteiger partial charge in [-0.1, -0.05) is 0 Å². The van der Waals surface area contributed by atoms with Gasteiger partial charge in [-0.3, -0.25) is 4.79 Å². The van der Waals surface area contributed by atoms with E-state index in [0.29, 0.717) is 0 Å². The number of carbonyl (C=O) groups is 1. The summed E-state index contributed by atoms with van der Waals surface area (Å²) in [6, 6.07) is 2.68. The Balaban J connectivity index is 2.68. The first-order valence-corrected chi connectivity index (χ1v) is 4.42. The van der Waals surface area contributed by atoms with E-state index in [2.05, 4.69) is 5.32 Å². The number of rotatable bonds is 4. The highest BCUT2D eigenvalue weighted by Crippen LogP contribution is 2.16. The van der Waals surface area contributed by atoms with Crippen LogP contribution in [0, 0.1) is 11.6 Å². The summed E-state index contributed by atoms with van der Waals surface area (Å²) in [5.41, 5.74) is 0.102. The highest BCUT2D eigenvalue weighted by molar-refractivity contribution is 5.68. The van der Waals surface area contributed by atoms with Gasteiger partial charge in [0.15, 0.2) is 0 Å². The maximum Gasteiger partial charge on any atom is 0.305 e. The van der Waals surface area contributed by atoms with Crippen LogP contribution >= 0.6 is 0 Å². The number of aliphatic carboxylic acids is 1. The molecule has 1 aromatic carbocycles. The zero-order chi connectivity index (χ0) is 11.4. The maximum atomic E-state index is 13.1. The molecule has 15 heavy (non-hydrogen) atoms. The summed E-state index contributed by atoms with van der Waals surface area (Å²) in [5.74, 6) is -2.37. The minimum Gasteiger partial charge on any atom is -0.481 e. The maximum absolute atomic E-state index is 13.1. The quantitative estimate of drug-likeness (QED) is 0.809. The topological polar surface area (TPSA) is 49.3 Å². The highest BCUT2D eigenvalue weighted by atomic mass is 19.1. The third-order valence-electron chi connectivity index (χ3n) is 1.81. The van der Waals surface area contributed by atoms with Gasteiger partial charge in [-0.15, -0.1) is 0 Å². The molecule has 82 valence electrons. The number of hydrogen-bond donors (Lipinski definition) is 2. The van der Waals surface area contributed by atoms with E-state index in [1.54, 1.807) is 6.92 Å². The van der Waals surface area contributed by atoms with E-state index in [-0.39, 0.29) is 12.1 Å². The molecule has 0 fully saturated rings. The van der Waals surface area contributed by atoms with E-state index in [1.165, 1.54) is 6.07 Å². The summed E-state index contributed by atoms with van der Waals surface area (Å²) in [6.45, 7) is 1.61. The molecule has 0 saturated carbocycles. The van der Waals surface area contributed by atoms with Gasteiger partial charge in [-0.2, -0.15) is 0 Å². The van der Waals surface area contributed by atoms with Crippen molar-refractivity contribution in [2.24, 2.45) is 0 Å². The molecule has 1 atom stereocenters. The molecule has 5 heteroatoms. The van der Waals surface area contributed by atoms with Crippen molar-refractivity contribution in [3.63, 3.8) is 0 Å². The molecule has 2 N–H and O–H groups in total. The van der Waals surface area contributed by atoms with Crippen LogP contribution in [0.4, 0.5) is 14.5 Å². The molecule has 0 amide bonds. The lowest BCUT2D eigenvalue weighted by molar-refractivity contribution is -0.137. The Bertz CT molecular complexity index is 368. The average Bonchev–Trinajstić information content (AvgIpc) is 2.08. The fourth-order valence-corrected chi connectivity index (χ4v) is 1.18. The van der Waals surface area contributed by atoms with Crippen molar-refractivity contribution < 1.29 is 18.7 Å². The smallest absolute Gasteiger partial charge is 0.305 e. The fraction of sp³-hybridized carbons (Fsp3) is 0.300. The second-order valence-corrected chi connectivity index (χ2v) is 3.27. The molecule has 1 aromatic rings. The molecule has 0 heterocycles. The molecule has 3 nitrogen and oxygen atoms in total. The lowest BCUT2D eigenvalue weighted by atomic mass is 10.2. The summed E-state index contributed by atoms with van der Waals surface area (Å²) in [4.78, 5) is 10.3. The number of anilines is 1. The van der Waals surface area contributed by atoms with Crippen LogP contribution in [0.1, 0.15) is 13.3 Å². The summed E-state index contributed by atoms with van der Waals surface area (Å²) in [6.07, 6.45) is -0.128. The second-order valence-electron chi connectivity index (χ2n) is 3.27. The van der Waals surface area contributed by atoms with Crippen LogP contribution in [0.5, 0.6) is 0 Å². The minimum atomic E-state index is -0.975. The Hall–Kier alpha value is -1.65. The predicted molar refractivity (Wildman–Crippen MR) is 51.7 cm³/mol. The second kappa shape index (κ2) is 4.72. The number of benzene rings is 1.